The van der Waals surface area contributed by atoms with Crippen molar-refractivity contribution >= 4 is 28.7 Å². The molecule has 194 valence electrons. The summed E-state index contributed by atoms with van der Waals surface area (Å²) in [6, 6.07) is 7.16. The molecule has 0 atom stereocenters. The molecule has 1 amide bonds. The van der Waals surface area contributed by atoms with Crippen molar-refractivity contribution in [3.8, 4) is 0 Å². The van der Waals surface area contributed by atoms with Crippen LogP contribution < -0.4 is 10.6 Å². The Labute approximate surface area is 209 Å². The second kappa shape index (κ2) is 10.2. The third-order valence-corrected chi connectivity index (χ3v) is 5.95. The predicted molar refractivity (Wildman–Crippen MR) is 129 cm³/mol. The van der Waals surface area contributed by atoms with Crippen LogP contribution in [0, 0.1) is 12.7 Å². The molecule has 1 aliphatic rings. The molecule has 0 radical (unpaired) electrons. The number of halogens is 3. The lowest BCUT2D eigenvalue weighted by Crippen LogP contribution is -2.38. The molecule has 1 aromatic carbocycles. The topological polar surface area (TPSA) is 112 Å². The van der Waals surface area contributed by atoms with E-state index in [2.05, 4.69) is 35.8 Å². The standard InChI is InChI=1S/C24H25F3N8O2/c1-15-12-20(32-31-15)29-22-19-13-18(28-21(36)6-7-34-8-10-37-11-9-34)14-35(19)33-23(30-22)24(26,27)16-2-4-17(25)5-3-16/h2-5,12-14H,6-11H2,1H3,(H,28,36)(H2,29,30,31,32,33). The molecule has 5 rings (SSSR count). The van der Waals surface area contributed by atoms with Crippen molar-refractivity contribution in [2.24, 2.45) is 0 Å². The van der Waals surface area contributed by atoms with E-state index in [9.17, 15) is 9.18 Å². The van der Waals surface area contributed by atoms with Crippen molar-refractivity contribution in [2.45, 2.75) is 19.3 Å². The monoisotopic (exact) mass is 514 g/mol. The van der Waals surface area contributed by atoms with E-state index >= 15 is 8.78 Å². The van der Waals surface area contributed by atoms with E-state index in [1.54, 1.807) is 19.1 Å². The first-order chi connectivity index (χ1) is 17.8. The minimum atomic E-state index is -3.62. The van der Waals surface area contributed by atoms with Gasteiger partial charge in [-0.3, -0.25) is 14.8 Å². The number of nitrogens with zero attached hydrogens (tertiary/aromatic N) is 5. The fourth-order valence-electron chi connectivity index (χ4n) is 3.99. The number of morpholine rings is 1. The Hall–Kier alpha value is -3.97. The lowest BCUT2D eigenvalue weighted by Gasteiger charge is -2.26. The number of aromatic amines is 1. The van der Waals surface area contributed by atoms with E-state index in [1.165, 1.54) is 10.7 Å². The molecular weight excluding hydrogens is 489 g/mol. The first-order valence-corrected chi connectivity index (χ1v) is 11.7. The van der Waals surface area contributed by atoms with Gasteiger partial charge in [-0.1, -0.05) is 0 Å². The quantitative estimate of drug-likeness (QED) is 0.330. The number of alkyl halides is 2. The van der Waals surface area contributed by atoms with Crippen molar-refractivity contribution < 1.29 is 22.7 Å². The number of carbonyl (C=O) groups is 1. The van der Waals surface area contributed by atoms with E-state index in [1.807, 2.05) is 0 Å². The second-order valence-corrected chi connectivity index (χ2v) is 8.74. The van der Waals surface area contributed by atoms with Crippen LogP contribution in [0.4, 0.5) is 30.5 Å². The number of hydrogen-bond acceptors (Lipinski definition) is 7. The lowest BCUT2D eigenvalue weighted by molar-refractivity contribution is -0.116. The highest BCUT2D eigenvalue weighted by atomic mass is 19.3. The number of nitrogens with one attached hydrogen (secondary N) is 3. The van der Waals surface area contributed by atoms with Crippen molar-refractivity contribution in [3.05, 3.63) is 65.5 Å². The average molecular weight is 515 g/mol. The number of H-pyrrole nitrogens is 1. The third kappa shape index (κ3) is 5.57. The van der Waals surface area contributed by atoms with Gasteiger partial charge in [0, 0.05) is 43.4 Å². The van der Waals surface area contributed by atoms with E-state index in [0.29, 0.717) is 36.8 Å². The van der Waals surface area contributed by atoms with Gasteiger partial charge in [-0.05, 0) is 37.3 Å². The molecule has 0 unspecified atom stereocenters. The molecule has 37 heavy (non-hydrogen) atoms. The molecule has 3 aromatic heterocycles. The highest BCUT2D eigenvalue weighted by Gasteiger charge is 2.39. The van der Waals surface area contributed by atoms with Gasteiger partial charge < -0.3 is 15.4 Å². The highest BCUT2D eigenvalue weighted by Crippen LogP contribution is 2.35. The summed E-state index contributed by atoms with van der Waals surface area (Å²) in [6.45, 7) is 5.20. The van der Waals surface area contributed by atoms with Gasteiger partial charge in [0.25, 0.3) is 0 Å². The first-order valence-electron chi connectivity index (χ1n) is 11.7. The molecule has 13 heteroatoms. The van der Waals surface area contributed by atoms with Crippen molar-refractivity contribution in [1.82, 2.24) is 29.7 Å². The molecule has 0 spiro atoms. The van der Waals surface area contributed by atoms with Crippen LogP contribution in [0.25, 0.3) is 5.52 Å². The summed E-state index contributed by atoms with van der Waals surface area (Å²) in [5.41, 5.74) is 1.03. The summed E-state index contributed by atoms with van der Waals surface area (Å²) in [5.74, 6) is -4.84. The van der Waals surface area contributed by atoms with Gasteiger partial charge in [0.15, 0.2) is 11.6 Å². The van der Waals surface area contributed by atoms with Gasteiger partial charge in [-0.2, -0.15) is 13.9 Å². The molecule has 1 aliphatic heterocycles. The van der Waals surface area contributed by atoms with E-state index in [0.717, 1.165) is 43.0 Å². The van der Waals surface area contributed by atoms with Crippen molar-refractivity contribution in [1.29, 1.82) is 0 Å². The Kier molecular flexibility index (Phi) is 6.80. The number of anilines is 3. The van der Waals surface area contributed by atoms with E-state index in [-0.39, 0.29) is 18.1 Å². The maximum Gasteiger partial charge on any atom is 0.333 e. The minimum absolute atomic E-state index is 0.0621. The molecule has 4 heterocycles. The van der Waals surface area contributed by atoms with Crippen LogP contribution in [-0.4, -0.2) is 68.5 Å². The number of hydrogen-bond donors (Lipinski definition) is 3. The fourth-order valence-corrected chi connectivity index (χ4v) is 3.99. The first kappa shape index (κ1) is 24.7. The molecule has 0 saturated carbocycles. The molecule has 1 fully saturated rings. The maximum atomic E-state index is 15.4. The minimum Gasteiger partial charge on any atom is -0.379 e. The number of rotatable bonds is 8. The molecule has 10 nitrogen and oxygen atoms in total. The average Bonchev–Trinajstić information content (AvgIpc) is 3.49. The Morgan fingerprint density at radius 3 is 2.65 bits per heavy atom. The zero-order chi connectivity index (χ0) is 26.0. The summed E-state index contributed by atoms with van der Waals surface area (Å²) >= 11 is 0. The number of aromatic nitrogens is 5. The molecule has 4 aromatic rings. The third-order valence-electron chi connectivity index (χ3n) is 5.95. The molecule has 0 aliphatic carbocycles. The Balaban J connectivity index is 1.44. The van der Waals surface area contributed by atoms with Crippen molar-refractivity contribution in [2.75, 3.05) is 43.5 Å². The summed E-state index contributed by atoms with van der Waals surface area (Å²) in [6.07, 6.45) is 1.71. The van der Waals surface area contributed by atoms with E-state index in [4.69, 9.17) is 4.74 Å². The molecule has 3 N–H and O–H groups in total. The van der Waals surface area contributed by atoms with Gasteiger partial charge in [0.05, 0.1) is 25.1 Å². The van der Waals surface area contributed by atoms with Crippen LogP contribution in [0.5, 0.6) is 0 Å². The highest BCUT2D eigenvalue weighted by molar-refractivity contribution is 5.92. The number of carbonyl (C=O) groups excluding carboxylic acids is 1. The molecule has 0 bridgehead atoms. The predicted octanol–water partition coefficient (Wildman–Crippen LogP) is 3.44. The number of benzene rings is 1. The Morgan fingerprint density at radius 2 is 1.95 bits per heavy atom. The van der Waals surface area contributed by atoms with Crippen molar-refractivity contribution in [3.63, 3.8) is 0 Å². The summed E-state index contributed by atoms with van der Waals surface area (Å²) in [7, 11) is 0. The fraction of sp³-hybridized carbons (Fsp3) is 0.333. The van der Waals surface area contributed by atoms with Crippen LogP contribution in [0.15, 0.2) is 42.6 Å². The van der Waals surface area contributed by atoms with Crippen LogP contribution >= 0.6 is 0 Å². The zero-order valence-corrected chi connectivity index (χ0v) is 20.0. The zero-order valence-electron chi connectivity index (χ0n) is 20.0. The van der Waals surface area contributed by atoms with Crippen LogP contribution in [0.3, 0.4) is 0 Å². The Bertz CT molecular complexity index is 1400. The Morgan fingerprint density at radius 1 is 1.19 bits per heavy atom. The summed E-state index contributed by atoms with van der Waals surface area (Å²) < 4.78 is 50.6. The lowest BCUT2D eigenvalue weighted by atomic mass is 10.1. The maximum absolute atomic E-state index is 15.4. The number of aryl methyl sites for hydroxylation is 1. The van der Waals surface area contributed by atoms with Gasteiger partial charge >= 0.3 is 5.92 Å². The van der Waals surface area contributed by atoms with Gasteiger partial charge in [0.1, 0.15) is 11.3 Å². The van der Waals surface area contributed by atoms with Crippen LogP contribution in [0.1, 0.15) is 23.5 Å². The van der Waals surface area contributed by atoms with Gasteiger partial charge in [0.2, 0.25) is 11.7 Å². The normalized spacial score (nSPS) is 14.7. The summed E-state index contributed by atoms with van der Waals surface area (Å²) in [4.78, 5) is 18.8. The van der Waals surface area contributed by atoms with Crippen LogP contribution in [0.2, 0.25) is 0 Å². The summed E-state index contributed by atoms with van der Waals surface area (Å²) in [5, 5.41) is 16.6. The molecule has 1 saturated heterocycles. The van der Waals surface area contributed by atoms with E-state index < -0.39 is 23.1 Å². The number of ether oxygens (including phenoxy) is 1. The number of fused-ring (bicyclic) bond motifs is 1. The van der Waals surface area contributed by atoms with Gasteiger partial charge in [-0.25, -0.2) is 13.9 Å². The smallest absolute Gasteiger partial charge is 0.333 e. The second-order valence-electron chi connectivity index (χ2n) is 8.74. The largest absolute Gasteiger partial charge is 0.379 e. The molecular formula is C24H25F3N8O2. The van der Waals surface area contributed by atoms with Gasteiger partial charge in [-0.15, -0.1) is 5.10 Å². The number of amides is 1. The van der Waals surface area contributed by atoms with Crippen LogP contribution in [-0.2, 0) is 15.5 Å². The SMILES string of the molecule is Cc1cc(Nc2nc(C(F)(F)c3ccc(F)cc3)nn3cc(NC(=O)CCN4CCOCC4)cc23)n[nH]1.